The number of unbranched alkanes of at least 4 members (excludes halogenated alkanes) is 5. The van der Waals surface area contributed by atoms with Crippen molar-refractivity contribution >= 4 is 16.3 Å². The molecule has 0 saturated carbocycles. The van der Waals surface area contributed by atoms with Crippen LogP contribution in [-0.2, 0) is 0 Å². The fourth-order valence-electron chi connectivity index (χ4n) is 4.33. The number of hydrogen-bond acceptors (Lipinski definition) is 1. The molecular weight excluding hydrogens is 340 g/mol. The molecule has 152 valence electrons. The van der Waals surface area contributed by atoms with E-state index < -0.39 is 0 Å². The van der Waals surface area contributed by atoms with Gasteiger partial charge in [0.25, 0.3) is 0 Å². The van der Waals surface area contributed by atoms with Gasteiger partial charge < -0.3 is 4.74 Å². The van der Waals surface area contributed by atoms with Crippen LogP contribution in [0.1, 0.15) is 90.0 Å². The molecule has 2 aromatic carbocycles. The Morgan fingerprint density at radius 2 is 1.64 bits per heavy atom. The Bertz CT molecular complexity index is 758. The van der Waals surface area contributed by atoms with E-state index in [0.29, 0.717) is 0 Å². The minimum absolute atomic E-state index is 0.829. The maximum absolute atomic E-state index is 5.95. The van der Waals surface area contributed by atoms with Crippen molar-refractivity contribution in [3.05, 3.63) is 48.0 Å². The number of ether oxygens (including phenoxy) is 1. The summed E-state index contributed by atoms with van der Waals surface area (Å²) in [5.41, 5.74) is 2.96. The molecule has 28 heavy (non-hydrogen) atoms. The summed E-state index contributed by atoms with van der Waals surface area (Å²) in [5, 5.41) is 2.60. The Balaban J connectivity index is 1.58. The summed E-state index contributed by atoms with van der Waals surface area (Å²) in [6, 6.07) is 13.5. The third-order valence-electron chi connectivity index (χ3n) is 6.18. The average molecular weight is 379 g/mol. The monoisotopic (exact) mass is 378 g/mol. The Morgan fingerprint density at radius 3 is 2.43 bits per heavy atom. The van der Waals surface area contributed by atoms with Crippen molar-refractivity contribution in [3.8, 4) is 5.75 Å². The van der Waals surface area contributed by atoms with Crippen LogP contribution in [0.25, 0.3) is 16.3 Å². The van der Waals surface area contributed by atoms with E-state index in [4.69, 9.17) is 4.74 Å². The molecule has 2 aromatic rings. The van der Waals surface area contributed by atoms with Crippen molar-refractivity contribution in [2.45, 2.75) is 84.5 Å². The molecule has 0 aromatic heterocycles. The highest BCUT2D eigenvalue weighted by molar-refractivity contribution is 5.87. The van der Waals surface area contributed by atoms with Gasteiger partial charge in [-0.15, -0.1) is 0 Å². The lowest BCUT2D eigenvalue weighted by atomic mass is 9.83. The van der Waals surface area contributed by atoms with E-state index in [0.717, 1.165) is 24.7 Å². The molecule has 1 aliphatic rings. The first-order valence-corrected chi connectivity index (χ1v) is 11.7. The lowest BCUT2D eigenvalue weighted by molar-refractivity contribution is 0.305. The van der Waals surface area contributed by atoms with Gasteiger partial charge in [-0.1, -0.05) is 83.1 Å². The Morgan fingerprint density at radius 1 is 0.857 bits per heavy atom. The third kappa shape index (κ3) is 6.12. The molecule has 1 aliphatic carbocycles. The molecular formula is C27H38O. The highest BCUT2D eigenvalue weighted by Gasteiger charge is 2.15. The van der Waals surface area contributed by atoms with Gasteiger partial charge in [0.15, 0.2) is 0 Å². The maximum Gasteiger partial charge on any atom is 0.119 e. The second-order valence-corrected chi connectivity index (χ2v) is 8.50. The molecule has 1 atom stereocenters. The summed E-state index contributed by atoms with van der Waals surface area (Å²) in [5.74, 6) is 1.91. The van der Waals surface area contributed by atoms with E-state index in [1.165, 1.54) is 80.5 Å². The molecule has 0 heterocycles. The maximum atomic E-state index is 5.95. The second kappa shape index (κ2) is 11.3. The van der Waals surface area contributed by atoms with Crippen molar-refractivity contribution in [3.63, 3.8) is 0 Å². The Kier molecular flexibility index (Phi) is 8.45. The molecule has 1 nitrogen and oxygen atoms in total. The molecule has 1 unspecified atom stereocenters. The van der Waals surface area contributed by atoms with Gasteiger partial charge in [0.2, 0.25) is 0 Å². The van der Waals surface area contributed by atoms with Gasteiger partial charge in [-0.2, -0.15) is 0 Å². The molecule has 0 N–H and O–H groups in total. The zero-order valence-corrected chi connectivity index (χ0v) is 18.0. The van der Waals surface area contributed by atoms with Crippen LogP contribution in [0.2, 0.25) is 0 Å². The van der Waals surface area contributed by atoms with Crippen LogP contribution >= 0.6 is 0 Å². The normalized spacial score (nSPS) is 16.9. The van der Waals surface area contributed by atoms with Crippen molar-refractivity contribution in [1.29, 1.82) is 0 Å². The lowest BCUT2D eigenvalue weighted by Crippen LogP contribution is -2.05. The number of rotatable bonds is 11. The summed E-state index contributed by atoms with van der Waals surface area (Å²) in [6.45, 7) is 5.37. The van der Waals surface area contributed by atoms with Gasteiger partial charge in [-0.25, -0.2) is 0 Å². The smallest absolute Gasteiger partial charge is 0.119 e. The first kappa shape index (κ1) is 21.0. The average Bonchev–Trinajstić information content (AvgIpc) is 2.74. The second-order valence-electron chi connectivity index (χ2n) is 8.50. The van der Waals surface area contributed by atoms with E-state index in [9.17, 15) is 0 Å². The fourth-order valence-corrected chi connectivity index (χ4v) is 4.33. The van der Waals surface area contributed by atoms with Crippen LogP contribution < -0.4 is 4.74 Å². The van der Waals surface area contributed by atoms with Crippen molar-refractivity contribution in [2.75, 3.05) is 6.61 Å². The molecule has 0 fully saturated rings. The Hall–Kier alpha value is -1.76. The topological polar surface area (TPSA) is 9.23 Å². The van der Waals surface area contributed by atoms with Gasteiger partial charge in [0, 0.05) is 0 Å². The molecule has 0 aliphatic heterocycles. The van der Waals surface area contributed by atoms with E-state index in [1.54, 1.807) is 5.57 Å². The highest BCUT2D eigenvalue weighted by Crippen LogP contribution is 2.34. The summed E-state index contributed by atoms with van der Waals surface area (Å²) >= 11 is 0. The SMILES string of the molecule is CCCCCCOc1ccc2cc(C3=CCC(CCCCC)CC3)ccc2c1. The van der Waals surface area contributed by atoms with E-state index >= 15 is 0 Å². The van der Waals surface area contributed by atoms with Gasteiger partial charge in [-0.05, 0) is 71.7 Å². The van der Waals surface area contributed by atoms with Crippen LogP contribution in [0.5, 0.6) is 5.75 Å². The Labute approximate surface area is 172 Å². The van der Waals surface area contributed by atoms with Crippen LogP contribution in [0, 0.1) is 5.92 Å². The zero-order chi connectivity index (χ0) is 19.6. The molecule has 0 bridgehead atoms. The van der Waals surface area contributed by atoms with Gasteiger partial charge in [0.05, 0.1) is 6.61 Å². The fraction of sp³-hybridized carbons (Fsp3) is 0.556. The minimum atomic E-state index is 0.829. The van der Waals surface area contributed by atoms with Crippen LogP contribution in [0.4, 0.5) is 0 Å². The number of benzene rings is 2. The molecule has 0 spiro atoms. The van der Waals surface area contributed by atoms with E-state index in [2.05, 4.69) is 56.3 Å². The van der Waals surface area contributed by atoms with E-state index in [-0.39, 0.29) is 0 Å². The molecule has 0 saturated heterocycles. The zero-order valence-electron chi connectivity index (χ0n) is 18.0. The van der Waals surface area contributed by atoms with Crippen molar-refractivity contribution in [2.24, 2.45) is 5.92 Å². The lowest BCUT2D eigenvalue weighted by Gasteiger charge is -2.22. The molecule has 0 amide bonds. The number of hydrogen-bond donors (Lipinski definition) is 0. The van der Waals surface area contributed by atoms with Gasteiger partial charge in [-0.3, -0.25) is 0 Å². The van der Waals surface area contributed by atoms with E-state index in [1.807, 2.05) is 0 Å². The quantitative estimate of drug-likeness (QED) is 0.356. The van der Waals surface area contributed by atoms with Gasteiger partial charge in [0.1, 0.15) is 5.75 Å². The highest BCUT2D eigenvalue weighted by atomic mass is 16.5. The third-order valence-corrected chi connectivity index (χ3v) is 6.18. The molecule has 3 rings (SSSR count). The summed E-state index contributed by atoms with van der Waals surface area (Å²) in [6.07, 6.45) is 16.9. The first-order valence-electron chi connectivity index (χ1n) is 11.7. The number of fused-ring (bicyclic) bond motifs is 1. The van der Waals surface area contributed by atoms with Crippen LogP contribution in [-0.4, -0.2) is 6.61 Å². The summed E-state index contributed by atoms with van der Waals surface area (Å²) in [7, 11) is 0. The summed E-state index contributed by atoms with van der Waals surface area (Å²) in [4.78, 5) is 0. The van der Waals surface area contributed by atoms with Gasteiger partial charge >= 0.3 is 0 Å². The molecule has 1 heteroatoms. The minimum Gasteiger partial charge on any atom is -0.494 e. The van der Waals surface area contributed by atoms with Crippen LogP contribution in [0.3, 0.4) is 0 Å². The number of allylic oxidation sites excluding steroid dienone is 2. The summed E-state index contributed by atoms with van der Waals surface area (Å²) < 4.78 is 5.95. The molecule has 0 radical (unpaired) electrons. The van der Waals surface area contributed by atoms with Crippen molar-refractivity contribution < 1.29 is 4.74 Å². The predicted molar refractivity (Wildman–Crippen MR) is 123 cm³/mol. The first-order chi connectivity index (χ1) is 13.8. The van der Waals surface area contributed by atoms with Crippen molar-refractivity contribution in [1.82, 2.24) is 0 Å². The van der Waals surface area contributed by atoms with Crippen LogP contribution in [0.15, 0.2) is 42.5 Å². The largest absolute Gasteiger partial charge is 0.494 e. The predicted octanol–water partition coefficient (Wildman–Crippen LogP) is 8.56. The standard InChI is InChI=1S/C27H38O/c1-3-5-7-9-19-28-27-18-17-25-20-24(15-16-26(25)21-27)23-13-11-22(12-14-23)10-8-6-4-2/h13,15-18,20-22H,3-12,14,19H2,1-2H3.